The molecular formula is C16H21ClN2O3. The number of rotatable bonds is 4. The van der Waals surface area contributed by atoms with Gasteiger partial charge in [0.1, 0.15) is 11.3 Å². The van der Waals surface area contributed by atoms with E-state index >= 15 is 0 Å². The Morgan fingerprint density at radius 2 is 2.23 bits per heavy atom. The van der Waals surface area contributed by atoms with E-state index in [1.807, 2.05) is 30.3 Å². The number of furan rings is 1. The lowest BCUT2D eigenvalue weighted by Gasteiger charge is -2.20. The van der Waals surface area contributed by atoms with E-state index in [9.17, 15) is 4.79 Å². The number of likely N-dealkylation sites (N-methyl/N-ethyl adjacent to an activating group) is 1. The first kappa shape index (κ1) is 16.8. The second-order valence-electron chi connectivity index (χ2n) is 5.50. The van der Waals surface area contributed by atoms with E-state index in [1.165, 1.54) is 0 Å². The number of hydrogen-bond donors (Lipinski definition) is 1. The molecule has 2 atom stereocenters. The molecule has 1 saturated heterocycles. The lowest BCUT2D eigenvalue weighted by atomic mass is 10.2. The summed E-state index contributed by atoms with van der Waals surface area (Å²) in [6.45, 7) is 1.20. The highest BCUT2D eigenvalue weighted by Crippen LogP contribution is 2.20. The quantitative estimate of drug-likeness (QED) is 0.936. The fraction of sp³-hybridized carbons (Fsp3) is 0.438. The minimum atomic E-state index is -0.163. The van der Waals surface area contributed by atoms with Crippen molar-refractivity contribution in [3.05, 3.63) is 36.1 Å². The van der Waals surface area contributed by atoms with Gasteiger partial charge >= 0.3 is 0 Å². The fourth-order valence-electron chi connectivity index (χ4n) is 2.76. The number of carbonyl (C=O) groups excluding carboxylic acids is 1. The SMILES string of the molecule is CO[C@@H]1CN[C@H](C(=O)N(C)Cc2cc3ccccc3o2)C1.Cl. The smallest absolute Gasteiger partial charge is 0.239 e. The number of para-hydroxylation sites is 1. The first-order valence-corrected chi connectivity index (χ1v) is 7.16. The van der Waals surface area contributed by atoms with Crippen LogP contribution in [0, 0.1) is 0 Å². The van der Waals surface area contributed by atoms with E-state index in [1.54, 1.807) is 19.1 Å². The Morgan fingerprint density at radius 1 is 1.45 bits per heavy atom. The number of halogens is 1. The molecule has 2 aromatic rings. The molecule has 1 aromatic heterocycles. The monoisotopic (exact) mass is 324 g/mol. The van der Waals surface area contributed by atoms with E-state index in [0.717, 1.165) is 29.7 Å². The Balaban J connectivity index is 0.00000176. The Labute approximate surface area is 136 Å². The third-order valence-electron chi connectivity index (χ3n) is 3.97. The molecule has 0 saturated carbocycles. The lowest BCUT2D eigenvalue weighted by Crippen LogP contribution is -2.41. The van der Waals surface area contributed by atoms with Crippen molar-refractivity contribution in [1.82, 2.24) is 10.2 Å². The van der Waals surface area contributed by atoms with E-state index in [4.69, 9.17) is 9.15 Å². The topological polar surface area (TPSA) is 54.7 Å². The number of nitrogens with one attached hydrogen (secondary N) is 1. The minimum absolute atomic E-state index is 0. The van der Waals surface area contributed by atoms with Crippen molar-refractivity contribution < 1.29 is 13.9 Å². The van der Waals surface area contributed by atoms with Crippen LogP contribution >= 0.6 is 12.4 Å². The zero-order chi connectivity index (χ0) is 14.8. The summed E-state index contributed by atoms with van der Waals surface area (Å²) in [6.07, 6.45) is 0.846. The van der Waals surface area contributed by atoms with Crippen molar-refractivity contribution in [3.63, 3.8) is 0 Å². The predicted molar refractivity (Wildman–Crippen MR) is 87.1 cm³/mol. The maximum atomic E-state index is 12.4. The number of hydrogen-bond acceptors (Lipinski definition) is 4. The normalized spacial score (nSPS) is 20.8. The number of carbonyl (C=O) groups is 1. The maximum absolute atomic E-state index is 12.4. The molecule has 0 radical (unpaired) electrons. The van der Waals surface area contributed by atoms with Gasteiger partial charge in [0.25, 0.3) is 0 Å². The zero-order valence-electron chi connectivity index (χ0n) is 12.7. The van der Waals surface area contributed by atoms with Crippen LogP contribution in [0.25, 0.3) is 11.0 Å². The molecule has 1 aromatic carbocycles. The Kier molecular flexibility index (Phi) is 5.45. The van der Waals surface area contributed by atoms with Crippen molar-refractivity contribution in [2.45, 2.75) is 25.1 Å². The van der Waals surface area contributed by atoms with Gasteiger partial charge in [-0.15, -0.1) is 12.4 Å². The van der Waals surface area contributed by atoms with E-state index in [0.29, 0.717) is 6.54 Å². The summed E-state index contributed by atoms with van der Waals surface area (Å²) >= 11 is 0. The second-order valence-corrected chi connectivity index (χ2v) is 5.50. The van der Waals surface area contributed by atoms with Crippen LogP contribution in [0.4, 0.5) is 0 Å². The van der Waals surface area contributed by atoms with Crippen LogP contribution in [-0.4, -0.2) is 43.7 Å². The van der Waals surface area contributed by atoms with Crippen molar-refractivity contribution in [2.75, 3.05) is 20.7 Å². The third-order valence-corrected chi connectivity index (χ3v) is 3.97. The number of ether oxygens (including phenoxy) is 1. The van der Waals surface area contributed by atoms with E-state index in [2.05, 4.69) is 5.32 Å². The number of benzene rings is 1. The Bertz CT molecular complexity index is 610. The molecule has 0 unspecified atom stereocenters. The average molecular weight is 325 g/mol. The van der Waals surface area contributed by atoms with Crippen molar-refractivity contribution in [1.29, 1.82) is 0 Å². The van der Waals surface area contributed by atoms with Crippen LogP contribution < -0.4 is 5.32 Å². The van der Waals surface area contributed by atoms with Gasteiger partial charge in [-0.1, -0.05) is 18.2 Å². The van der Waals surface area contributed by atoms with Gasteiger partial charge in [-0.2, -0.15) is 0 Å². The van der Waals surface area contributed by atoms with Crippen LogP contribution in [0.2, 0.25) is 0 Å². The number of methoxy groups -OCH3 is 1. The predicted octanol–water partition coefficient (Wildman–Crippen LogP) is 2.19. The van der Waals surface area contributed by atoms with Crippen LogP contribution in [-0.2, 0) is 16.1 Å². The molecule has 1 fully saturated rings. The molecule has 0 spiro atoms. The van der Waals surface area contributed by atoms with Crippen molar-refractivity contribution in [3.8, 4) is 0 Å². The minimum Gasteiger partial charge on any atom is -0.459 e. The molecule has 1 amide bonds. The molecule has 2 heterocycles. The summed E-state index contributed by atoms with van der Waals surface area (Å²) in [5, 5.41) is 4.27. The molecule has 6 heteroatoms. The first-order chi connectivity index (χ1) is 10.2. The van der Waals surface area contributed by atoms with Gasteiger partial charge in [0.05, 0.1) is 18.7 Å². The number of amides is 1. The highest BCUT2D eigenvalue weighted by Gasteiger charge is 2.31. The van der Waals surface area contributed by atoms with Gasteiger partial charge in [0.15, 0.2) is 0 Å². The molecule has 0 bridgehead atoms. The summed E-state index contributed by atoms with van der Waals surface area (Å²) in [5.74, 6) is 0.878. The molecule has 3 rings (SSSR count). The van der Waals surface area contributed by atoms with Gasteiger partial charge in [-0.3, -0.25) is 4.79 Å². The number of fused-ring (bicyclic) bond motifs is 1. The Morgan fingerprint density at radius 3 is 2.91 bits per heavy atom. The highest BCUT2D eigenvalue weighted by molar-refractivity contribution is 5.85. The third kappa shape index (κ3) is 3.43. The van der Waals surface area contributed by atoms with Crippen molar-refractivity contribution >= 4 is 29.3 Å². The van der Waals surface area contributed by atoms with Crippen LogP contribution in [0.15, 0.2) is 34.7 Å². The standard InChI is InChI=1S/C16H20N2O3.ClH/c1-18(16(19)14-8-12(20-2)9-17-14)10-13-7-11-5-3-4-6-15(11)21-13;/h3-7,12,14,17H,8-10H2,1-2H3;1H/t12-,14-;/m0./s1. The van der Waals surface area contributed by atoms with Crippen molar-refractivity contribution in [2.24, 2.45) is 0 Å². The molecule has 5 nitrogen and oxygen atoms in total. The van der Waals surface area contributed by atoms with Crippen LogP contribution in [0.1, 0.15) is 12.2 Å². The van der Waals surface area contributed by atoms with Crippen LogP contribution in [0.3, 0.4) is 0 Å². The van der Waals surface area contributed by atoms with Gasteiger partial charge < -0.3 is 19.4 Å². The fourth-order valence-corrected chi connectivity index (χ4v) is 2.76. The summed E-state index contributed by atoms with van der Waals surface area (Å²) in [6, 6.07) is 9.68. The summed E-state index contributed by atoms with van der Waals surface area (Å²) < 4.78 is 11.0. The van der Waals surface area contributed by atoms with Gasteiger partial charge in [-0.05, 0) is 18.6 Å². The first-order valence-electron chi connectivity index (χ1n) is 7.16. The summed E-state index contributed by atoms with van der Waals surface area (Å²) in [4.78, 5) is 14.1. The van der Waals surface area contributed by atoms with E-state index in [-0.39, 0.29) is 30.5 Å². The molecule has 1 aliphatic heterocycles. The highest BCUT2D eigenvalue weighted by atomic mass is 35.5. The molecule has 22 heavy (non-hydrogen) atoms. The summed E-state index contributed by atoms with van der Waals surface area (Å²) in [7, 11) is 3.48. The van der Waals surface area contributed by atoms with Gasteiger partial charge in [-0.25, -0.2) is 0 Å². The molecule has 1 aliphatic rings. The average Bonchev–Trinajstić information content (AvgIpc) is 3.12. The number of nitrogens with zero attached hydrogens (tertiary/aromatic N) is 1. The van der Waals surface area contributed by atoms with Gasteiger partial charge in [0.2, 0.25) is 5.91 Å². The summed E-state index contributed by atoms with van der Waals surface area (Å²) in [5.41, 5.74) is 0.854. The lowest BCUT2D eigenvalue weighted by molar-refractivity contribution is -0.132. The van der Waals surface area contributed by atoms with E-state index < -0.39 is 0 Å². The second kappa shape index (κ2) is 7.13. The molecule has 1 N–H and O–H groups in total. The molecular weight excluding hydrogens is 304 g/mol. The Hall–Kier alpha value is -1.56. The molecule has 120 valence electrons. The zero-order valence-corrected chi connectivity index (χ0v) is 13.6. The maximum Gasteiger partial charge on any atom is 0.239 e. The van der Waals surface area contributed by atoms with Gasteiger partial charge in [0, 0.05) is 26.1 Å². The largest absolute Gasteiger partial charge is 0.459 e. The molecule has 0 aliphatic carbocycles. The van der Waals surface area contributed by atoms with Crippen LogP contribution in [0.5, 0.6) is 0 Å².